The zero-order chi connectivity index (χ0) is 12.8. The maximum atomic E-state index is 5.89. The molecule has 0 saturated carbocycles. The molecule has 0 unspecified atom stereocenters. The minimum absolute atomic E-state index is 0.398. The summed E-state index contributed by atoms with van der Waals surface area (Å²) in [6.07, 6.45) is 6.64. The molecule has 5 heteroatoms. The lowest BCUT2D eigenvalue weighted by Crippen LogP contribution is -2.42. The van der Waals surface area contributed by atoms with Crippen molar-refractivity contribution >= 4 is 32.7 Å². The van der Waals surface area contributed by atoms with E-state index < -0.39 is 0 Å². The van der Waals surface area contributed by atoms with Crippen molar-refractivity contribution in [1.29, 1.82) is 0 Å². The van der Waals surface area contributed by atoms with Gasteiger partial charge in [0.25, 0.3) is 0 Å². The van der Waals surface area contributed by atoms with Crippen molar-refractivity contribution in [2.45, 2.75) is 25.0 Å². The monoisotopic (exact) mass is 319 g/mol. The van der Waals surface area contributed by atoms with Crippen LogP contribution in [0.4, 0.5) is 5.69 Å². The maximum absolute atomic E-state index is 5.89. The SMILES string of the molecule is Brc1cc(N2C[C@H]3CC[C@@H](C2)O3)cc2nccnc12. The van der Waals surface area contributed by atoms with Gasteiger partial charge in [-0.15, -0.1) is 0 Å². The molecular formula is C14H14BrN3O. The summed E-state index contributed by atoms with van der Waals surface area (Å²) in [6, 6.07) is 4.26. The van der Waals surface area contributed by atoms with Crippen LogP contribution in [0.2, 0.25) is 0 Å². The van der Waals surface area contributed by atoms with Gasteiger partial charge in [0.15, 0.2) is 0 Å². The number of benzene rings is 1. The van der Waals surface area contributed by atoms with E-state index in [-0.39, 0.29) is 0 Å². The van der Waals surface area contributed by atoms with Crippen molar-refractivity contribution in [3.05, 3.63) is 29.0 Å². The van der Waals surface area contributed by atoms with Crippen LogP contribution in [0.15, 0.2) is 29.0 Å². The minimum atomic E-state index is 0.398. The van der Waals surface area contributed by atoms with Gasteiger partial charge in [-0.25, -0.2) is 0 Å². The van der Waals surface area contributed by atoms with Crippen molar-refractivity contribution in [2.75, 3.05) is 18.0 Å². The van der Waals surface area contributed by atoms with E-state index in [0.29, 0.717) is 12.2 Å². The number of nitrogens with zero attached hydrogens (tertiary/aromatic N) is 3. The van der Waals surface area contributed by atoms with E-state index >= 15 is 0 Å². The molecule has 2 fully saturated rings. The molecule has 0 N–H and O–H groups in total. The van der Waals surface area contributed by atoms with Gasteiger partial charge < -0.3 is 9.64 Å². The molecule has 2 aliphatic heterocycles. The zero-order valence-corrected chi connectivity index (χ0v) is 12.0. The van der Waals surface area contributed by atoms with Crippen LogP contribution in [0.25, 0.3) is 11.0 Å². The average Bonchev–Trinajstić information content (AvgIpc) is 2.77. The van der Waals surface area contributed by atoms with E-state index in [2.05, 4.69) is 42.9 Å². The summed E-state index contributed by atoms with van der Waals surface area (Å²) in [4.78, 5) is 11.2. The Morgan fingerprint density at radius 1 is 1.11 bits per heavy atom. The molecule has 2 atom stereocenters. The molecule has 0 spiro atoms. The quantitative estimate of drug-likeness (QED) is 0.810. The second kappa shape index (κ2) is 4.42. The highest BCUT2D eigenvalue weighted by Gasteiger charge is 2.33. The lowest BCUT2D eigenvalue weighted by atomic mass is 10.2. The van der Waals surface area contributed by atoms with Crippen molar-refractivity contribution < 1.29 is 4.74 Å². The van der Waals surface area contributed by atoms with Gasteiger partial charge in [0.05, 0.1) is 17.7 Å². The third kappa shape index (κ3) is 2.01. The largest absolute Gasteiger partial charge is 0.371 e. The maximum Gasteiger partial charge on any atom is 0.103 e. The molecule has 0 amide bonds. The Balaban J connectivity index is 1.75. The molecule has 1 aromatic carbocycles. The third-order valence-corrected chi connectivity index (χ3v) is 4.53. The zero-order valence-electron chi connectivity index (χ0n) is 10.4. The Hall–Kier alpha value is -1.20. The summed E-state index contributed by atoms with van der Waals surface area (Å²) in [7, 11) is 0. The fourth-order valence-electron chi connectivity index (χ4n) is 3.03. The number of fused-ring (bicyclic) bond motifs is 3. The molecule has 2 aliphatic rings. The van der Waals surface area contributed by atoms with Crippen LogP contribution < -0.4 is 4.90 Å². The summed E-state index contributed by atoms with van der Waals surface area (Å²) in [5.41, 5.74) is 3.06. The fraction of sp³-hybridized carbons (Fsp3) is 0.429. The first-order valence-corrected chi connectivity index (χ1v) is 7.39. The van der Waals surface area contributed by atoms with Gasteiger partial charge in [-0.2, -0.15) is 0 Å². The van der Waals surface area contributed by atoms with Crippen molar-refractivity contribution in [2.24, 2.45) is 0 Å². The number of rotatable bonds is 1. The smallest absolute Gasteiger partial charge is 0.103 e. The molecule has 3 heterocycles. The average molecular weight is 320 g/mol. The number of morpholine rings is 1. The van der Waals surface area contributed by atoms with E-state index in [1.807, 2.05) is 0 Å². The van der Waals surface area contributed by atoms with E-state index in [4.69, 9.17) is 4.74 Å². The predicted molar refractivity (Wildman–Crippen MR) is 77.3 cm³/mol. The van der Waals surface area contributed by atoms with E-state index in [9.17, 15) is 0 Å². The van der Waals surface area contributed by atoms with Crippen molar-refractivity contribution in [3.63, 3.8) is 0 Å². The topological polar surface area (TPSA) is 38.2 Å². The second-order valence-corrected chi connectivity index (χ2v) is 6.07. The molecular weight excluding hydrogens is 306 g/mol. The molecule has 0 aliphatic carbocycles. The van der Waals surface area contributed by atoms with Crippen LogP contribution in [0.1, 0.15) is 12.8 Å². The summed E-state index contributed by atoms with van der Waals surface area (Å²) >= 11 is 3.60. The number of hydrogen-bond donors (Lipinski definition) is 0. The molecule has 1 aromatic heterocycles. The first kappa shape index (κ1) is 11.6. The van der Waals surface area contributed by atoms with Gasteiger partial charge >= 0.3 is 0 Å². The molecule has 2 aromatic rings. The summed E-state index contributed by atoms with van der Waals surface area (Å²) < 4.78 is 6.89. The van der Waals surface area contributed by atoms with Crippen molar-refractivity contribution in [3.8, 4) is 0 Å². The van der Waals surface area contributed by atoms with Gasteiger partial charge in [0.2, 0.25) is 0 Å². The summed E-state index contributed by atoms with van der Waals surface area (Å²) in [5.74, 6) is 0. The molecule has 0 radical (unpaired) electrons. The first-order valence-electron chi connectivity index (χ1n) is 6.60. The molecule has 2 saturated heterocycles. The minimum Gasteiger partial charge on any atom is -0.371 e. The van der Waals surface area contributed by atoms with E-state index in [1.54, 1.807) is 12.4 Å². The highest BCUT2D eigenvalue weighted by Crippen LogP contribution is 2.33. The normalized spacial score (nSPS) is 26.1. The molecule has 2 bridgehead atoms. The Bertz CT molecular complexity index is 621. The van der Waals surface area contributed by atoms with E-state index in [1.165, 1.54) is 18.5 Å². The highest BCUT2D eigenvalue weighted by atomic mass is 79.9. The lowest BCUT2D eigenvalue weighted by molar-refractivity contribution is 0.0305. The van der Waals surface area contributed by atoms with Crippen LogP contribution in [0, 0.1) is 0 Å². The van der Waals surface area contributed by atoms with Gasteiger partial charge in [-0.05, 0) is 40.9 Å². The lowest BCUT2D eigenvalue weighted by Gasteiger charge is -2.34. The van der Waals surface area contributed by atoms with Crippen LogP contribution in [0.5, 0.6) is 0 Å². The van der Waals surface area contributed by atoms with Gasteiger partial charge in [0, 0.05) is 35.6 Å². The van der Waals surface area contributed by atoms with Gasteiger partial charge in [-0.1, -0.05) is 0 Å². The number of anilines is 1. The second-order valence-electron chi connectivity index (χ2n) is 5.21. The molecule has 19 heavy (non-hydrogen) atoms. The van der Waals surface area contributed by atoms with Crippen LogP contribution >= 0.6 is 15.9 Å². The predicted octanol–water partition coefficient (Wildman–Crippen LogP) is 2.76. The van der Waals surface area contributed by atoms with E-state index in [0.717, 1.165) is 28.6 Å². The summed E-state index contributed by atoms with van der Waals surface area (Å²) in [6.45, 7) is 1.96. The first-order chi connectivity index (χ1) is 9.29. The van der Waals surface area contributed by atoms with Crippen LogP contribution in [-0.4, -0.2) is 35.3 Å². The molecule has 98 valence electrons. The number of hydrogen-bond acceptors (Lipinski definition) is 4. The van der Waals surface area contributed by atoms with Crippen LogP contribution in [0.3, 0.4) is 0 Å². The van der Waals surface area contributed by atoms with Crippen LogP contribution in [-0.2, 0) is 4.74 Å². The number of halogens is 1. The molecule has 4 rings (SSSR count). The Labute approximate surface area is 119 Å². The standard InChI is InChI=1S/C14H14BrN3O/c15-12-5-9(6-13-14(12)17-4-3-16-13)18-7-10-1-2-11(8-18)19-10/h3-6,10-11H,1-2,7-8H2/t10-,11+. The number of ether oxygens (including phenoxy) is 1. The Kier molecular flexibility index (Phi) is 2.70. The third-order valence-electron chi connectivity index (χ3n) is 3.92. The Morgan fingerprint density at radius 2 is 1.84 bits per heavy atom. The molecule has 4 nitrogen and oxygen atoms in total. The van der Waals surface area contributed by atoms with Gasteiger partial charge in [0.1, 0.15) is 5.52 Å². The fourth-order valence-corrected chi connectivity index (χ4v) is 3.57. The Morgan fingerprint density at radius 3 is 2.63 bits per heavy atom. The number of aromatic nitrogens is 2. The summed E-state index contributed by atoms with van der Waals surface area (Å²) in [5, 5.41) is 0. The van der Waals surface area contributed by atoms with Crippen molar-refractivity contribution in [1.82, 2.24) is 9.97 Å². The highest BCUT2D eigenvalue weighted by molar-refractivity contribution is 9.10. The van der Waals surface area contributed by atoms with Gasteiger partial charge in [-0.3, -0.25) is 9.97 Å².